The van der Waals surface area contributed by atoms with Crippen molar-refractivity contribution in [1.82, 2.24) is 0 Å². The number of amides is 1. The van der Waals surface area contributed by atoms with Gasteiger partial charge >= 0.3 is 0 Å². The lowest BCUT2D eigenvalue weighted by Crippen LogP contribution is -2.23. The molecule has 0 spiro atoms. The normalized spacial score (nSPS) is 10.7. The molecule has 2 nitrogen and oxygen atoms in total. The van der Waals surface area contributed by atoms with Crippen molar-refractivity contribution in [1.29, 1.82) is 0 Å². The molecular weight excluding hydrogens is 306 g/mol. The van der Waals surface area contributed by atoms with Gasteiger partial charge in [0.05, 0.1) is 0 Å². The molecule has 0 atom stereocenters. The summed E-state index contributed by atoms with van der Waals surface area (Å²) in [5.74, 6) is -0.0366. The van der Waals surface area contributed by atoms with E-state index in [9.17, 15) is 4.79 Å². The highest BCUT2D eigenvalue weighted by Gasteiger charge is 2.14. The van der Waals surface area contributed by atoms with Gasteiger partial charge in [0.2, 0.25) is 0 Å². The van der Waals surface area contributed by atoms with Gasteiger partial charge in [-0.1, -0.05) is 72.8 Å². The fourth-order valence-corrected chi connectivity index (χ4v) is 2.71. The number of rotatable bonds is 6. The standard InChI is InChI=1S/C23H21NO/c25-23(19-11-10-14-20-12-4-1-5-13-20)24(21-15-6-2-7-16-21)22-17-8-3-9-18-22/h1-9,11-13,15-19H,10,14H2/b19-11+. The molecule has 0 saturated carbocycles. The quantitative estimate of drug-likeness (QED) is 0.544. The average Bonchev–Trinajstić information content (AvgIpc) is 2.68. The lowest BCUT2D eigenvalue weighted by atomic mass is 10.1. The van der Waals surface area contributed by atoms with Gasteiger partial charge in [0.1, 0.15) is 0 Å². The zero-order chi connectivity index (χ0) is 17.3. The zero-order valence-corrected chi connectivity index (χ0v) is 14.1. The number of hydrogen-bond donors (Lipinski definition) is 0. The second kappa shape index (κ2) is 8.65. The predicted molar refractivity (Wildman–Crippen MR) is 104 cm³/mol. The summed E-state index contributed by atoms with van der Waals surface area (Å²) in [5, 5.41) is 0. The largest absolute Gasteiger partial charge is 0.278 e. The Hall–Kier alpha value is -3.13. The van der Waals surface area contributed by atoms with Crippen molar-refractivity contribution < 1.29 is 4.79 Å². The van der Waals surface area contributed by atoms with Crippen LogP contribution < -0.4 is 4.90 Å². The third-order valence-electron chi connectivity index (χ3n) is 3.95. The van der Waals surface area contributed by atoms with Crippen molar-refractivity contribution in [3.63, 3.8) is 0 Å². The van der Waals surface area contributed by atoms with Crippen molar-refractivity contribution in [2.75, 3.05) is 4.90 Å². The van der Waals surface area contributed by atoms with Crippen molar-refractivity contribution in [3.05, 3.63) is 109 Å². The number of aryl methyl sites for hydroxylation is 1. The minimum atomic E-state index is -0.0366. The summed E-state index contributed by atoms with van der Waals surface area (Å²) in [6.45, 7) is 0. The van der Waals surface area contributed by atoms with E-state index in [0.717, 1.165) is 24.2 Å². The van der Waals surface area contributed by atoms with E-state index in [4.69, 9.17) is 0 Å². The molecule has 0 radical (unpaired) electrons. The van der Waals surface area contributed by atoms with Crippen LogP contribution in [0.3, 0.4) is 0 Å². The summed E-state index contributed by atoms with van der Waals surface area (Å²) < 4.78 is 0. The van der Waals surface area contributed by atoms with Gasteiger partial charge in [-0.05, 0) is 48.7 Å². The van der Waals surface area contributed by atoms with Crippen molar-refractivity contribution >= 4 is 17.3 Å². The second-order valence-electron chi connectivity index (χ2n) is 5.77. The van der Waals surface area contributed by atoms with Crippen LogP contribution in [0.25, 0.3) is 0 Å². The number of carbonyl (C=O) groups excluding carboxylic acids is 1. The Bertz CT molecular complexity index is 771. The SMILES string of the molecule is O=C(/C=C/CCc1ccccc1)N(c1ccccc1)c1ccccc1. The van der Waals surface area contributed by atoms with Crippen LogP contribution in [0.15, 0.2) is 103 Å². The molecule has 0 heterocycles. The number of para-hydroxylation sites is 2. The summed E-state index contributed by atoms with van der Waals surface area (Å²) in [6, 6.07) is 29.8. The summed E-state index contributed by atoms with van der Waals surface area (Å²) in [4.78, 5) is 14.5. The van der Waals surface area contributed by atoms with E-state index in [0.29, 0.717) is 0 Å². The van der Waals surface area contributed by atoms with Crippen LogP contribution in [0.1, 0.15) is 12.0 Å². The van der Waals surface area contributed by atoms with Crippen LogP contribution in [0, 0.1) is 0 Å². The molecule has 0 aliphatic rings. The average molecular weight is 327 g/mol. The van der Waals surface area contributed by atoms with E-state index < -0.39 is 0 Å². The molecule has 25 heavy (non-hydrogen) atoms. The molecule has 0 N–H and O–H groups in total. The second-order valence-corrected chi connectivity index (χ2v) is 5.77. The first kappa shape index (κ1) is 16.7. The molecular formula is C23H21NO. The number of carbonyl (C=O) groups is 1. The van der Waals surface area contributed by atoms with Crippen LogP contribution in [0.2, 0.25) is 0 Å². The maximum Gasteiger partial charge on any atom is 0.255 e. The van der Waals surface area contributed by atoms with Crippen LogP contribution in [-0.2, 0) is 11.2 Å². The molecule has 0 aliphatic heterocycles. The van der Waals surface area contributed by atoms with Gasteiger partial charge in [-0.2, -0.15) is 0 Å². The van der Waals surface area contributed by atoms with Crippen LogP contribution in [0.4, 0.5) is 11.4 Å². The van der Waals surface area contributed by atoms with Crippen molar-refractivity contribution in [2.24, 2.45) is 0 Å². The van der Waals surface area contributed by atoms with Gasteiger partial charge in [0.25, 0.3) is 5.91 Å². The van der Waals surface area contributed by atoms with Gasteiger partial charge in [-0.15, -0.1) is 0 Å². The molecule has 1 amide bonds. The van der Waals surface area contributed by atoms with Crippen molar-refractivity contribution in [3.8, 4) is 0 Å². The lowest BCUT2D eigenvalue weighted by Gasteiger charge is -2.21. The van der Waals surface area contributed by atoms with Gasteiger partial charge in [0, 0.05) is 11.4 Å². The Morgan fingerprint density at radius 1 is 0.720 bits per heavy atom. The molecule has 3 aromatic carbocycles. The molecule has 0 aromatic heterocycles. The molecule has 3 aromatic rings. The maximum absolute atomic E-state index is 12.8. The van der Waals surface area contributed by atoms with Gasteiger partial charge < -0.3 is 0 Å². The minimum absolute atomic E-state index is 0.0366. The number of nitrogens with zero attached hydrogens (tertiary/aromatic N) is 1. The summed E-state index contributed by atoms with van der Waals surface area (Å²) >= 11 is 0. The summed E-state index contributed by atoms with van der Waals surface area (Å²) in [7, 11) is 0. The smallest absolute Gasteiger partial charge is 0.255 e. The molecule has 124 valence electrons. The van der Waals surface area contributed by atoms with E-state index in [1.807, 2.05) is 84.9 Å². The Balaban J connectivity index is 1.72. The molecule has 0 fully saturated rings. The highest BCUT2D eigenvalue weighted by Crippen LogP contribution is 2.25. The highest BCUT2D eigenvalue weighted by atomic mass is 16.2. The first-order valence-corrected chi connectivity index (χ1v) is 8.49. The first-order chi connectivity index (χ1) is 12.3. The van der Waals surface area contributed by atoms with Gasteiger partial charge in [-0.25, -0.2) is 0 Å². The Morgan fingerprint density at radius 2 is 1.20 bits per heavy atom. The number of allylic oxidation sites excluding steroid dienone is 1. The van der Waals surface area contributed by atoms with E-state index >= 15 is 0 Å². The highest BCUT2D eigenvalue weighted by molar-refractivity contribution is 6.06. The third kappa shape index (κ3) is 4.67. The fourth-order valence-electron chi connectivity index (χ4n) is 2.71. The lowest BCUT2D eigenvalue weighted by molar-refractivity contribution is -0.113. The Labute approximate surface area is 149 Å². The molecule has 0 unspecified atom stereocenters. The molecule has 3 rings (SSSR count). The molecule has 0 saturated heterocycles. The topological polar surface area (TPSA) is 20.3 Å². The fraction of sp³-hybridized carbons (Fsp3) is 0.0870. The molecule has 0 aliphatic carbocycles. The number of benzene rings is 3. The maximum atomic E-state index is 12.8. The van der Waals surface area contributed by atoms with Crippen LogP contribution >= 0.6 is 0 Å². The van der Waals surface area contributed by atoms with E-state index in [2.05, 4.69) is 12.1 Å². The third-order valence-corrected chi connectivity index (χ3v) is 3.95. The van der Waals surface area contributed by atoms with Crippen LogP contribution in [-0.4, -0.2) is 5.91 Å². The number of anilines is 2. The Kier molecular flexibility index (Phi) is 5.78. The zero-order valence-electron chi connectivity index (χ0n) is 14.1. The Morgan fingerprint density at radius 3 is 1.72 bits per heavy atom. The van der Waals surface area contributed by atoms with Crippen molar-refractivity contribution in [2.45, 2.75) is 12.8 Å². The van der Waals surface area contributed by atoms with E-state index in [1.165, 1.54) is 5.56 Å². The first-order valence-electron chi connectivity index (χ1n) is 8.49. The summed E-state index contributed by atoms with van der Waals surface area (Å²) in [5.41, 5.74) is 3.01. The van der Waals surface area contributed by atoms with Gasteiger partial charge in [-0.3, -0.25) is 9.69 Å². The molecule has 0 bridgehead atoms. The monoisotopic (exact) mass is 327 g/mol. The minimum Gasteiger partial charge on any atom is -0.278 e. The van der Waals surface area contributed by atoms with Crippen LogP contribution in [0.5, 0.6) is 0 Å². The van der Waals surface area contributed by atoms with E-state index in [1.54, 1.807) is 11.0 Å². The molecule has 2 heteroatoms. The number of hydrogen-bond acceptors (Lipinski definition) is 1. The summed E-state index contributed by atoms with van der Waals surface area (Å²) in [6.07, 6.45) is 5.39. The predicted octanol–water partition coefficient (Wildman–Crippen LogP) is 5.54. The van der Waals surface area contributed by atoms with Gasteiger partial charge in [0.15, 0.2) is 0 Å². The van der Waals surface area contributed by atoms with E-state index in [-0.39, 0.29) is 5.91 Å².